The maximum absolute atomic E-state index is 5.01. The Kier molecular flexibility index (Phi) is 5.90. The van der Waals surface area contributed by atoms with Crippen molar-refractivity contribution in [3.05, 3.63) is 36.4 Å². The molecule has 0 unspecified atom stereocenters. The first-order valence-corrected chi connectivity index (χ1v) is 8.41. The predicted octanol–water partition coefficient (Wildman–Crippen LogP) is 1.78. The van der Waals surface area contributed by atoms with Crippen molar-refractivity contribution in [3.63, 3.8) is 0 Å². The topological polar surface area (TPSA) is 76.1 Å². The molecule has 1 aliphatic rings. The van der Waals surface area contributed by atoms with Crippen molar-refractivity contribution in [2.24, 2.45) is 5.92 Å². The van der Waals surface area contributed by atoms with Crippen LogP contribution in [0.1, 0.15) is 18.5 Å². The molecule has 128 valence electrons. The monoisotopic (exact) mass is 328 g/mol. The molecule has 0 radical (unpaired) electrons. The first-order chi connectivity index (χ1) is 11.8. The van der Waals surface area contributed by atoms with Crippen LogP contribution in [0.25, 0.3) is 0 Å². The predicted molar refractivity (Wildman–Crippen MR) is 93.1 cm³/mol. The van der Waals surface area contributed by atoms with Crippen molar-refractivity contribution in [1.82, 2.24) is 20.2 Å². The third-order valence-corrected chi connectivity index (χ3v) is 4.22. The SMILES string of the molecule is COCCNc1ccc(C[C@H]2CCCN(c3cnccn3)C2)nn1. The molecular weight excluding hydrogens is 304 g/mol. The van der Waals surface area contributed by atoms with E-state index in [2.05, 4.69) is 36.4 Å². The van der Waals surface area contributed by atoms with Gasteiger partial charge in [0.1, 0.15) is 11.6 Å². The number of rotatable bonds is 7. The minimum absolute atomic E-state index is 0.572. The Morgan fingerprint density at radius 1 is 1.29 bits per heavy atom. The third-order valence-electron chi connectivity index (χ3n) is 4.22. The summed E-state index contributed by atoms with van der Waals surface area (Å²) in [4.78, 5) is 10.9. The van der Waals surface area contributed by atoms with Crippen LogP contribution in [0, 0.1) is 5.92 Å². The summed E-state index contributed by atoms with van der Waals surface area (Å²) in [7, 11) is 1.69. The summed E-state index contributed by atoms with van der Waals surface area (Å²) in [5, 5.41) is 11.8. The molecule has 1 fully saturated rings. The molecule has 0 amide bonds. The van der Waals surface area contributed by atoms with Crippen LogP contribution in [0.4, 0.5) is 11.6 Å². The molecule has 1 saturated heterocycles. The number of anilines is 2. The molecule has 24 heavy (non-hydrogen) atoms. The van der Waals surface area contributed by atoms with Gasteiger partial charge in [-0.2, -0.15) is 5.10 Å². The summed E-state index contributed by atoms with van der Waals surface area (Å²) >= 11 is 0. The smallest absolute Gasteiger partial charge is 0.148 e. The fourth-order valence-corrected chi connectivity index (χ4v) is 3.03. The van der Waals surface area contributed by atoms with E-state index in [1.165, 1.54) is 12.8 Å². The molecule has 1 aliphatic heterocycles. The quantitative estimate of drug-likeness (QED) is 0.776. The first-order valence-electron chi connectivity index (χ1n) is 8.41. The lowest BCUT2D eigenvalue weighted by Crippen LogP contribution is -2.36. The zero-order valence-electron chi connectivity index (χ0n) is 14.1. The van der Waals surface area contributed by atoms with Crippen molar-refractivity contribution in [3.8, 4) is 0 Å². The van der Waals surface area contributed by atoms with Crippen LogP contribution < -0.4 is 10.2 Å². The molecule has 7 nitrogen and oxygen atoms in total. The third kappa shape index (κ3) is 4.61. The van der Waals surface area contributed by atoms with Crippen LogP contribution in [0.3, 0.4) is 0 Å². The number of nitrogens with one attached hydrogen (secondary N) is 1. The molecule has 7 heteroatoms. The fraction of sp³-hybridized carbons (Fsp3) is 0.529. The maximum Gasteiger partial charge on any atom is 0.148 e. The summed E-state index contributed by atoms with van der Waals surface area (Å²) in [5.74, 6) is 2.33. The molecule has 0 saturated carbocycles. The Labute approximate surface area is 142 Å². The largest absolute Gasteiger partial charge is 0.383 e. The van der Waals surface area contributed by atoms with Crippen LogP contribution in [-0.4, -0.2) is 53.5 Å². The highest BCUT2D eigenvalue weighted by molar-refractivity contribution is 5.36. The summed E-state index contributed by atoms with van der Waals surface area (Å²) in [6.07, 6.45) is 8.63. The lowest BCUT2D eigenvalue weighted by molar-refractivity contribution is 0.210. The maximum atomic E-state index is 5.01. The number of piperidine rings is 1. The van der Waals surface area contributed by atoms with Gasteiger partial charge in [-0.3, -0.25) is 4.98 Å². The van der Waals surface area contributed by atoms with Crippen molar-refractivity contribution < 1.29 is 4.74 Å². The number of hydrogen-bond donors (Lipinski definition) is 1. The van der Waals surface area contributed by atoms with Gasteiger partial charge in [0.25, 0.3) is 0 Å². The standard InChI is InChI=1S/C17H24N6O/c1-24-10-8-19-16-5-4-15(21-22-16)11-14-3-2-9-23(13-14)17-12-18-6-7-20-17/h4-7,12,14H,2-3,8-11,13H2,1H3,(H,19,22)/t14-/m1/s1. The fourth-order valence-electron chi connectivity index (χ4n) is 3.03. The summed E-state index contributed by atoms with van der Waals surface area (Å²) in [5.41, 5.74) is 1.04. The minimum Gasteiger partial charge on any atom is -0.383 e. The summed E-state index contributed by atoms with van der Waals surface area (Å²) < 4.78 is 5.01. The van der Waals surface area contributed by atoms with Crippen molar-refractivity contribution >= 4 is 11.6 Å². The summed E-state index contributed by atoms with van der Waals surface area (Å²) in [6.45, 7) is 3.43. The molecule has 1 N–H and O–H groups in total. The van der Waals surface area contributed by atoms with Gasteiger partial charge in [-0.05, 0) is 37.3 Å². The zero-order valence-corrected chi connectivity index (χ0v) is 14.1. The molecule has 3 rings (SSSR count). The van der Waals surface area contributed by atoms with E-state index in [1.54, 1.807) is 19.5 Å². The normalized spacial score (nSPS) is 17.7. The molecule has 0 aromatic carbocycles. The molecule has 0 bridgehead atoms. The van der Waals surface area contributed by atoms with Crippen LogP contribution >= 0.6 is 0 Å². The van der Waals surface area contributed by atoms with Gasteiger partial charge in [0.2, 0.25) is 0 Å². The number of hydrogen-bond acceptors (Lipinski definition) is 7. The van der Waals surface area contributed by atoms with Crippen molar-refractivity contribution in [2.75, 3.05) is 43.6 Å². The molecule has 2 aromatic rings. The van der Waals surface area contributed by atoms with Gasteiger partial charge in [-0.15, -0.1) is 5.10 Å². The van der Waals surface area contributed by atoms with E-state index in [1.807, 2.05) is 12.3 Å². The zero-order chi connectivity index (χ0) is 16.6. The highest BCUT2D eigenvalue weighted by atomic mass is 16.5. The summed E-state index contributed by atoms with van der Waals surface area (Å²) in [6, 6.07) is 4.05. The van der Waals surface area contributed by atoms with Crippen LogP contribution in [0.5, 0.6) is 0 Å². The number of aromatic nitrogens is 4. The Morgan fingerprint density at radius 2 is 2.25 bits per heavy atom. The molecule has 1 atom stereocenters. The van der Waals surface area contributed by atoms with Gasteiger partial charge in [0, 0.05) is 39.1 Å². The van der Waals surface area contributed by atoms with Crippen LogP contribution in [0.15, 0.2) is 30.7 Å². The van der Waals surface area contributed by atoms with Crippen molar-refractivity contribution in [1.29, 1.82) is 0 Å². The Balaban J connectivity index is 1.53. The molecule has 0 spiro atoms. The highest BCUT2D eigenvalue weighted by Gasteiger charge is 2.21. The first kappa shape index (κ1) is 16.6. The average Bonchev–Trinajstić information content (AvgIpc) is 2.64. The van der Waals surface area contributed by atoms with Gasteiger partial charge in [0.05, 0.1) is 18.5 Å². The van der Waals surface area contributed by atoms with Gasteiger partial charge in [-0.25, -0.2) is 4.98 Å². The van der Waals surface area contributed by atoms with E-state index in [-0.39, 0.29) is 0 Å². The van der Waals surface area contributed by atoms with Crippen molar-refractivity contribution in [2.45, 2.75) is 19.3 Å². The van der Waals surface area contributed by atoms with Crippen LogP contribution in [0.2, 0.25) is 0 Å². The second-order valence-corrected chi connectivity index (χ2v) is 6.05. The second kappa shape index (κ2) is 8.54. The molecule has 3 heterocycles. The minimum atomic E-state index is 0.572. The van der Waals surface area contributed by atoms with E-state index >= 15 is 0 Å². The van der Waals surface area contributed by atoms with Crippen LogP contribution in [-0.2, 0) is 11.2 Å². The van der Waals surface area contributed by atoms with E-state index in [0.717, 1.165) is 43.4 Å². The highest BCUT2D eigenvalue weighted by Crippen LogP contribution is 2.23. The van der Waals surface area contributed by atoms with E-state index < -0.39 is 0 Å². The average molecular weight is 328 g/mol. The molecule has 2 aromatic heterocycles. The van der Waals surface area contributed by atoms with Gasteiger partial charge < -0.3 is 15.0 Å². The number of ether oxygens (including phenoxy) is 1. The number of methoxy groups -OCH3 is 1. The van der Waals surface area contributed by atoms with Gasteiger partial charge in [-0.1, -0.05) is 0 Å². The van der Waals surface area contributed by atoms with E-state index in [9.17, 15) is 0 Å². The Hall–Kier alpha value is -2.28. The molecular formula is C17H24N6O. The lowest BCUT2D eigenvalue weighted by Gasteiger charge is -2.33. The van der Waals surface area contributed by atoms with E-state index in [0.29, 0.717) is 12.5 Å². The Bertz CT molecular complexity index is 606. The second-order valence-electron chi connectivity index (χ2n) is 6.05. The van der Waals surface area contributed by atoms with Gasteiger partial charge in [0.15, 0.2) is 0 Å². The lowest BCUT2D eigenvalue weighted by atomic mass is 9.93. The van der Waals surface area contributed by atoms with Gasteiger partial charge >= 0.3 is 0 Å². The van der Waals surface area contributed by atoms with E-state index in [4.69, 9.17) is 4.74 Å². The Morgan fingerprint density at radius 3 is 3.00 bits per heavy atom. The number of nitrogens with zero attached hydrogens (tertiary/aromatic N) is 5. The molecule has 0 aliphatic carbocycles.